The number of hydrogen-bond donors (Lipinski definition) is 2. The minimum absolute atomic E-state index is 0.179. The van der Waals surface area contributed by atoms with Crippen LogP contribution in [0.2, 0.25) is 0 Å². The molecule has 0 fully saturated rings. The summed E-state index contributed by atoms with van der Waals surface area (Å²) in [6.45, 7) is 7.13. The molecule has 0 saturated carbocycles. The number of amides is 1. The first-order valence-corrected chi connectivity index (χ1v) is 7.83. The average molecular weight is 321 g/mol. The molecule has 22 heavy (non-hydrogen) atoms. The Labute approximate surface area is 133 Å². The molecule has 118 valence electrons. The van der Waals surface area contributed by atoms with Gasteiger partial charge in [-0.25, -0.2) is 9.37 Å². The fraction of sp³-hybridized carbons (Fsp3) is 0.375. The molecule has 2 aromatic rings. The number of thiazole rings is 1. The van der Waals surface area contributed by atoms with Crippen molar-refractivity contribution in [3.8, 4) is 10.6 Å². The van der Waals surface area contributed by atoms with E-state index in [1.165, 1.54) is 23.5 Å². The van der Waals surface area contributed by atoms with Crippen molar-refractivity contribution in [1.29, 1.82) is 0 Å². The molecule has 1 amide bonds. The fourth-order valence-corrected chi connectivity index (χ4v) is 3.05. The maximum Gasteiger partial charge on any atom is 0.240 e. The number of carbonyl (C=O) groups excluding carboxylic acids is 1. The molecule has 6 heteroatoms. The van der Waals surface area contributed by atoms with Crippen LogP contribution >= 0.6 is 11.3 Å². The molecule has 3 N–H and O–H groups in total. The van der Waals surface area contributed by atoms with E-state index in [9.17, 15) is 9.18 Å². The Morgan fingerprint density at radius 2 is 1.95 bits per heavy atom. The molecule has 0 spiro atoms. The zero-order valence-electron chi connectivity index (χ0n) is 13.1. The third-order valence-electron chi connectivity index (χ3n) is 3.25. The van der Waals surface area contributed by atoms with Gasteiger partial charge in [-0.15, -0.1) is 11.3 Å². The van der Waals surface area contributed by atoms with Crippen molar-refractivity contribution in [2.45, 2.75) is 39.3 Å². The third kappa shape index (κ3) is 3.69. The van der Waals surface area contributed by atoms with Gasteiger partial charge < -0.3 is 11.1 Å². The highest BCUT2D eigenvalue weighted by Crippen LogP contribution is 2.31. The number of carbonyl (C=O) groups is 1. The minimum atomic E-state index is -0.924. The third-order valence-corrected chi connectivity index (χ3v) is 4.64. The number of halogens is 1. The molecule has 0 saturated heterocycles. The summed E-state index contributed by atoms with van der Waals surface area (Å²) in [4.78, 5) is 17.5. The number of nitrogens with one attached hydrogen (secondary N) is 1. The van der Waals surface area contributed by atoms with Crippen molar-refractivity contribution in [2.24, 2.45) is 5.73 Å². The first-order chi connectivity index (χ1) is 10.2. The molecule has 1 aromatic heterocycles. The molecule has 0 radical (unpaired) electrons. The second kappa shape index (κ2) is 6.14. The number of nitrogens with two attached hydrogens (primary N) is 1. The molecule has 1 heterocycles. The molecular weight excluding hydrogens is 301 g/mol. The Morgan fingerprint density at radius 1 is 1.36 bits per heavy atom. The van der Waals surface area contributed by atoms with Gasteiger partial charge in [0.2, 0.25) is 5.91 Å². The summed E-state index contributed by atoms with van der Waals surface area (Å²) in [7, 11) is 0. The highest BCUT2D eigenvalue weighted by atomic mass is 32.1. The van der Waals surface area contributed by atoms with Crippen molar-refractivity contribution in [3.63, 3.8) is 0 Å². The van der Waals surface area contributed by atoms with Crippen LogP contribution in [0, 0.1) is 12.7 Å². The number of aryl methyl sites for hydroxylation is 1. The molecule has 0 bridgehead atoms. The van der Waals surface area contributed by atoms with Crippen LogP contribution in [0.25, 0.3) is 10.6 Å². The highest BCUT2D eigenvalue weighted by molar-refractivity contribution is 7.15. The van der Waals surface area contributed by atoms with E-state index in [1.807, 2.05) is 13.8 Å². The van der Waals surface area contributed by atoms with Gasteiger partial charge in [-0.3, -0.25) is 4.79 Å². The molecule has 0 aliphatic rings. The number of benzene rings is 1. The zero-order chi connectivity index (χ0) is 16.5. The van der Waals surface area contributed by atoms with Crippen molar-refractivity contribution >= 4 is 17.2 Å². The Morgan fingerprint density at radius 3 is 2.50 bits per heavy atom. The topological polar surface area (TPSA) is 68.0 Å². The lowest BCUT2D eigenvalue weighted by Crippen LogP contribution is -2.49. The van der Waals surface area contributed by atoms with Crippen LogP contribution in [-0.4, -0.2) is 16.4 Å². The normalized spacial score (nSPS) is 13.0. The van der Waals surface area contributed by atoms with Crippen molar-refractivity contribution in [2.75, 3.05) is 0 Å². The van der Waals surface area contributed by atoms with E-state index < -0.39 is 5.54 Å². The lowest BCUT2D eigenvalue weighted by molar-refractivity contribution is -0.125. The predicted octanol–water partition coefficient (Wildman–Crippen LogP) is 3.17. The summed E-state index contributed by atoms with van der Waals surface area (Å²) in [6, 6.07) is 6.04. The molecule has 4 nitrogen and oxygen atoms in total. The molecule has 1 atom stereocenters. The fourth-order valence-electron chi connectivity index (χ4n) is 1.97. The smallest absolute Gasteiger partial charge is 0.240 e. The van der Waals surface area contributed by atoms with E-state index in [-0.39, 0.29) is 17.8 Å². The van der Waals surface area contributed by atoms with Gasteiger partial charge in [0.25, 0.3) is 0 Å². The SMILES string of the molecule is Cc1nc(-c2ccc(F)cc2)sc1C(C)NC(=O)C(C)(C)N. The lowest BCUT2D eigenvalue weighted by Gasteiger charge is -2.21. The number of aromatic nitrogens is 1. The number of nitrogens with zero attached hydrogens (tertiary/aromatic N) is 1. The molecule has 1 unspecified atom stereocenters. The number of hydrogen-bond acceptors (Lipinski definition) is 4. The second-order valence-electron chi connectivity index (χ2n) is 5.89. The Hall–Kier alpha value is -1.79. The van der Waals surface area contributed by atoms with E-state index in [2.05, 4.69) is 10.3 Å². The standard InChI is InChI=1S/C16H20FN3OS/c1-9-13(10(2)20-15(21)16(3,4)18)22-14(19-9)11-5-7-12(17)8-6-11/h5-8,10H,18H2,1-4H3,(H,20,21). The van der Waals surface area contributed by atoms with Gasteiger partial charge in [0.1, 0.15) is 10.8 Å². The van der Waals surface area contributed by atoms with Crippen LogP contribution in [0.1, 0.15) is 37.4 Å². The molecular formula is C16H20FN3OS. The van der Waals surface area contributed by atoms with E-state index in [4.69, 9.17) is 5.73 Å². The number of rotatable bonds is 4. The van der Waals surface area contributed by atoms with Crippen molar-refractivity contribution in [1.82, 2.24) is 10.3 Å². The summed E-state index contributed by atoms with van der Waals surface area (Å²) in [6.07, 6.45) is 0. The lowest BCUT2D eigenvalue weighted by atomic mass is 10.1. The van der Waals surface area contributed by atoms with Gasteiger partial charge in [-0.2, -0.15) is 0 Å². The van der Waals surface area contributed by atoms with Gasteiger partial charge in [-0.05, 0) is 52.0 Å². The van der Waals surface area contributed by atoms with Gasteiger partial charge in [-0.1, -0.05) is 0 Å². The van der Waals surface area contributed by atoms with Crippen molar-refractivity contribution in [3.05, 3.63) is 40.7 Å². The summed E-state index contributed by atoms with van der Waals surface area (Å²) in [5.74, 6) is -0.487. The van der Waals surface area contributed by atoms with E-state index in [0.29, 0.717) is 0 Å². The summed E-state index contributed by atoms with van der Waals surface area (Å²) in [5.41, 5.74) is 6.58. The van der Waals surface area contributed by atoms with Crippen LogP contribution in [0.4, 0.5) is 4.39 Å². The zero-order valence-corrected chi connectivity index (χ0v) is 13.9. The molecule has 0 aliphatic heterocycles. The highest BCUT2D eigenvalue weighted by Gasteiger charge is 2.25. The van der Waals surface area contributed by atoms with Crippen LogP contribution < -0.4 is 11.1 Å². The summed E-state index contributed by atoms with van der Waals surface area (Å²) in [5, 5.41) is 3.70. The van der Waals surface area contributed by atoms with Gasteiger partial charge >= 0.3 is 0 Å². The first kappa shape index (κ1) is 16.6. The second-order valence-corrected chi connectivity index (χ2v) is 6.92. The minimum Gasteiger partial charge on any atom is -0.347 e. The van der Waals surface area contributed by atoms with Gasteiger partial charge in [0, 0.05) is 5.56 Å². The van der Waals surface area contributed by atoms with Crippen LogP contribution in [-0.2, 0) is 4.79 Å². The maximum atomic E-state index is 13.0. The van der Waals surface area contributed by atoms with Crippen molar-refractivity contribution < 1.29 is 9.18 Å². The Bertz CT molecular complexity index is 674. The summed E-state index contributed by atoms with van der Waals surface area (Å²) < 4.78 is 13.0. The predicted molar refractivity (Wildman–Crippen MR) is 87.1 cm³/mol. The van der Waals surface area contributed by atoms with Gasteiger partial charge in [0.15, 0.2) is 0 Å². The average Bonchev–Trinajstić information content (AvgIpc) is 2.80. The molecule has 1 aromatic carbocycles. The largest absolute Gasteiger partial charge is 0.347 e. The quantitative estimate of drug-likeness (QED) is 0.909. The molecule has 0 aliphatic carbocycles. The first-order valence-electron chi connectivity index (χ1n) is 7.01. The molecule has 2 rings (SSSR count). The van der Waals surface area contributed by atoms with E-state index >= 15 is 0 Å². The van der Waals surface area contributed by atoms with Crippen LogP contribution in [0.3, 0.4) is 0 Å². The van der Waals surface area contributed by atoms with E-state index in [1.54, 1.807) is 26.0 Å². The van der Waals surface area contributed by atoms with Crippen LogP contribution in [0.15, 0.2) is 24.3 Å². The summed E-state index contributed by atoms with van der Waals surface area (Å²) >= 11 is 1.49. The Kier molecular flexibility index (Phi) is 4.63. The van der Waals surface area contributed by atoms with Gasteiger partial charge in [0.05, 0.1) is 22.2 Å². The monoisotopic (exact) mass is 321 g/mol. The maximum absolute atomic E-state index is 13.0. The Balaban J connectivity index is 2.22. The van der Waals surface area contributed by atoms with E-state index in [0.717, 1.165) is 21.1 Å². The van der Waals surface area contributed by atoms with Crippen LogP contribution in [0.5, 0.6) is 0 Å².